The van der Waals surface area contributed by atoms with Crippen molar-refractivity contribution < 1.29 is 4.74 Å². The Kier molecular flexibility index (Phi) is 5.06. The summed E-state index contributed by atoms with van der Waals surface area (Å²) >= 11 is 3.46. The molecule has 0 amide bonds. The van der Waals surface area contributed by atoms with Crippen LogP contribution in [0.3, 0.4) is 0 Å². The maximum absolute atomic E-state index is 5.70. The summed E-state index contributed by atoms with van der Waals surface area (Å²) in [4.78, 5) is 0. The third-order valence-electron chi connectivity index (χ3n) is 2.35. The molecule has 2 atom stereocenters. The Morgan fingerprint density at radius 3 is 2.87 bits per heavy atom. The first-order chi connectivity index (χ1) is 6.75. The number of nitrogens with one attached hydrogen (secondary N) is 1. The van der Waals surface area contributed by atoms with Gasteiger partial charge in [0, 0.05) is 11.0 Å². The van der Waals surface area contributed by atoms with Crippen molar-refractivity contribution in [2.75, 3.05) is 13.2 Å². The van der Waals surface area contributed by atoms with E-state index < -0.39 is 0 Å². The molecule has 1 aromatic carbocycles. The van der Waals surface area contributed by atoms with Crippen LogP contribution < -0.4 is 5.32 Å². The Labute approximate surface area is 105 Å². The predicted octanol–water partition coefficient (Wildman–Crippen LogP) is 3.13. The lowest BCUT2D eigenvalue weighted by atomic mass is 10.1. The Hall–Kier alpha value is -0.0900. The molecule has 0 aliphatic carbocycles. The lowest BCUT2D eigenvalue weighted by molar-refractivity contribution is -0.0254. The lowest BCUT2D eigenvalue weighted by Gasteiger charge is -2.28. The largest absolute Gasteiger partial charge is 0.359 e. The van der Waals surface area contributed by atoms with Crippen molar-refractivity contribution in [1.29, 1.82) is 0 Å². The molecule has 15 heavy (non-hydrogen) atoms. The molecule has 4 heteroatoms. The summed E-state index contributed by atoms with van der Waals surface area (Å²) in [7, 11) is 0. The number of ether oxygens (including phenoxy) is 1. The molecule has 1 fully saturated rings. The van der Waals surface area contributed by atoms with E-state index in [1.165, 1.54) is 5.56 Å². The molecular weight excluding hydrogens is 277 g/mol. The first-order valence-corrected chi connectivity index (χ1v) is 5.65. The van der Waals surface area contributed by atoms with Crippen LogP contribution in [0.15, 0.2) is 28.7 Å². The van der Waals surface area contributed by atoms with Gasteiger partial charge in [-0.1, -0.05) is 35.0 Å². The maximum atomic E-state index is 5.70. The molecule has 1 N–H and O–H groups in total. The van der Waals surface area contributed by atoms with Gasteiger partial charge in [0.15, 0.2) is 0 Å². The molecule has 0 saturated carbocycles. The van der Waals surface area contributed by atoms with E-state index in [4.69, 9.17) is 4.74 Å². The Balaban J connectivity index is 0.00000112. The van der Waals surface area contributed by atoms with Crippen molar-refractivity contribution in [3.8, 4) is 0 Å². The van der Waals surface area contributed by atoms with E-state index in [0.717, 1.165) is 17.6 Å². The zero-order valence-electron chi connectivity index (χ0n) is 8.57. The molecule has 2 unspecified atom stereocenters. The second kappa shape index (κ2) is 5.85. The Morgan fingerprint density at radius 1 is 1.47 bits per heavy atom. The van der Waals surface area contributed by atoms with Gasteiger partial charge in [0.05, 0.1) is 6.61 Å². The number of rotatable bonds is 1. The van der Waals surface area contributed by atoms with Gasteiger partial charge in [-0.05, 0) is 23.6 Å². The average molecular weight is 293 g/mol. The quantitative estimate of drug-likeness (QED) is 0.859. The van der Waals surface area contributed by atoms with Crippen molar-refractivity contribution in [1.82, 2.24) is 5.32 Å². The Bertz CT molecular complexity index is 313. The first-order valence-electron chi connectivity index (χ1n) is 4.86. The van der Waals surface area contributed by atoms with Crippen molar-refractivity contribution >= 4 is 28.3 Å². The van der Waals surface area contributed by atoms with Crippen LogP contribution in [0.5, 0.6) is 0 Å². The predicted molar refractivity (Wildman–Crippen MR) is 67.2 cm³/mol. The van der Waals surface area contributed by atoms with E-state index in [-0.39, 0.29) is 18.6 Å². The van der Waals surface area contributed by atoms with Crippen LogP contribution in [-0.4, -0.2) is 13.2 Å². The summed E-state index contributed by atoms with van der Waals surface area (Å²) in [5.41, 5.74) is 1.19. The molecule has 2 rings (SSSR count). The average Bonchev–Trinajstić information content (AvgIpc) is 2.19. The second-order valence-corrected chi connectivity index (χ2v) is 4.70. The SMILES string of the molecule is CC1CNC(c2cccc(Br)c2)OC1.Cl. The van der Waals surface area contributed by atoms with Crippen LogP contribution >= 0.6 is 28.3 Å². The summed E-state index contributed by atoms with van der Waals surface area (Å²) in [6, 6.07) is 8.23. The van der Waals surface area contributed by atoms with Crippen LogP contribution in [0.1, 0.15) is 18.7 Å². The molecule has 0 spiro atoms. The van der Waals surface area contributed by atoms with Gasteiger partial charge in [-0.3, -0.25) is 5.32 Å². The van der Waals surface area contributed by atoms with E-state index in [1.54, 1.807) is 0 Å². The Morgan fingerprint density at radius 2 is 2.27 bits per heavy atom. The zero-order chi connectivity index (χ0) is 9.97. The molecule has 0 aromatic heterocycles. The van der Waals surface area contributed by atoms with Gasteiger partial charge in [0.1, 0.15) is 6.23 Å². The summed E-state index contributed by atoms with van der Waals surface area (Å²) < 4.78 is 6.80. The van der Waals surface area contributed by atoms with Gasteiger partial charge in [0.2, 0.25) is 0 Å². The molecule has 2 nitrogen and oxygen atoms in total. The first kappa shape index (κ1) is 13.0. The van der Waals surface area contributed by atoms with Crippen molar-refractivity contribution in [3.05, 3.63) is 34.3 Å². The lowest BCUT2D eigenvalue weighted by Crippen LogP contribution is -2.36. The van der Waals surface area contributed by atoms with Gasteiger partial charge in [-0.25, -0.2) is 0 Å². The number of halogens is 2. The van der Waals surface area contributed by atoms with Crippen molar-refractivity contribution in [2.24, 2.45) is 5.92 Å². The smallest absolute Gasteiger partial charge is 0.134 e. The summed E-state index contributed by atoms with van der Waals surface area (Å²) in [6.45, 7) is 4.05. The van der Waals surface area contributed by atoms with E-state index >= 15 is 0 Å². The van der Waals surface area contributed by atoms with Crippen LogP contribution in [0, 0.1) is 5.92 Å². The molecule has 1 aliphatic rings. The molecule has 1 aromatic rings. The minimum absolute atomic E-state index is 0. The van der Waals surface area contributed by atoms with Gasteiger partial charge in [-0.15, -0.1) is 12.4 Å². The van der Waals surface area contributed by atoms with E-state index in [1.807, 2.05) is 12.1 Å². The third kappa shape index (κ3) is 3.45. The molecule has 0 bridgehead atoms. The highest BCUT2D eigenvalue weighted by molar-refractivity contribution is 9.10. The van der Waals surface area contributed by atoms with Gasteiger partial charge >= 0.3 is 0 Å². The van der Waals surface area contributed by atoms with Crippen LogP contribution in [0.4, 0.5) is 0 Å². The maximum Gasteiger partial charge on any atom is 0.134 e. The normalized spacial score (nSPS) is 25.7. The number of benzene rings is 1. The fraction of sp³-hybridized carbons (Fsp3) is 0.455. The van der Waals surface area contributed by atoms with Crippen LogP contribution in [0.2, 0.25) is 0 Å². The van der Waals surface area contributed by atoms with E-state index in [0.29, 0.717) is 5.92 Å². The molecule has 0 radical (unpaired) electrons. The molecular formula is C11H15BrClNO. The fourth-order valence-corrected chi connectivity index (χ4v) is 1.99. The zero-order valence-corrected chi connectivity index (χ0v) is 11.0. The second-order valence-electron chi connectivity index (χ2n) is 3.78. The van der Waals surface area contributed by atoms with Crippen molar-refractivity contribution in [3.63, 3.8) is 0 Å². The molecule has 1 saturated heterocycles. The van der Waals surface area contributed by atoms with E-state index in [2.05, 4.69) is 40.3 Å². The van der Waals surface area contributed by atoms with Crippen LogP contribution in [-0.2, 0) is 4.74 Å². The summed E-state index contributed by atoms with van der Waals surface area (Å²) in [5.74, 6) is 0.610. The summed E-state index contributed by atoms with van der Waals surface area (Å²) in [5, 5.41) is 3.37. The van der Waals surface area contributed by atoms with Crippen molar-refractivity contribution in [2.45, 2.75) is 13.2 Å². The molecule has 1 aliphatic heterocycles. The topological polar surface area (TPSA) is 21.3 Å². The van der Waals surface area contributed by atoms with E-state index in [9.17, 15) is 0 Å². The van der Waals surface area contributed by atoms with Gasteiger partial charge in [0.25, 0.3) is 0 Å². The highest BCUT2D eigenvalue weighted by atomic mass is 79.9. The highest BCUT2D eigenvalue weighted by Crippen LogP contribution is 2.22. The fourth-order valence-electron chi connectivity index (χ4n) is 1.57. The molecule has 84 valence electrons. The van der Waals surface area contributed by atoms with Gasteiger partial charge < -0.3 is 4.74 Å². The number of hydrogen-bond acceptors (Lipinski definition) is 2. The van der Waals surface area contributed by atoms with Crippen LogP contribution in [0.25, 0.3) is 0 Å². The summed E-state index contributed by atoms with van der Waals surface area (Å²) in [6.07, 6.45) is 0.0590. The minimum atomic E-state index is 0. The standard InChI is InChI=1S/C11H14BrNO.ClH/c1-8-6-13-11(14-7-8)9-3-2-4-10(12)5-9;/h2-5,8,11,13H,6-7H2,1H3;1H. The minimum Gasteiger partial charge on any atom is -0.359 e. The molecule has 1 heterocycles. The monoisotopic (exact) mass is 291 g/mol. The highest BCUT2D eigenvalue weighted by Gasteiger charge is 2.19. The third-order valence-corrected chi connectivity index (χ3v) is 2.84. The number of hydrogen-bond donors (Lipinski definition) is 1. The van der Waals surface area contributed by atoms with Gasteiger partial charge in [-0.2, -0.15) is 0 Å².